The molecule has 1 aromatic rings. The van der Waals surface area contributed by atoms with E-state index in [4.69, 9.17) is 23.2 Å². The average molecular weight is 248 g/mol. The third-order valence-electron chi connectivity index (χ3n) is 0.999. The van der Waals surface area contributed by atoms with Crippen LogP contribution < -0.4 is 0 Å². The molecule has 0 saturated carbocycles. The van der Waals surface area contributed by atoms with Crippen molar-refractivity contribution in [2.45, 2.75) is 10.4 Å². The van der Waals surface area contributed by atoms with Crippen molar-refractivity contribution in [3.63, 3.8) is 0 Å². The van der Waals surface area contributed by atoms with Crippen LogP contribution in [-0.2, 0) is 0 Å². The number of alkyl halides is 3. The summed E-state index contributed by atoms with van der Waals surface area (Å²) in [5.41, 5.74) is -4.38. The lowest BCUT2D eigenvalue weighted by Crippen LogP contribution is -1.99. The molecule has 1 rings (SSSR count). The van der Waals surface area contributed by atoms with Gasteiger partial charge in [0.05, 0.1) is 9.92 Å². The third-order valence-corrected chi connectivity index (χ3v) is 2.38. The molecule has 13 heavy (non-hydrogen) atoms. The van der Waals surface area contributed by atoms with E-state index in [1.165, 1.54) is 6.20 Å². The van der Waals surface area contributed by atoms with Crippen LogP contribution in [0.5, 0.6) is 0 Å². The number of pyridine rings is 1. The van der Waals surface area contributed by atoms with Crippen LogP contribution in [0.2, 0.25) is 10.2 Å². The van der Waals surface area contributed by atoms with Crippen molar-refractivity contribution in [1.82, 2.24) is 4.98 Å². The van der Waals surface area contributed by atoms with E-state index < -0.39 is 5.51 Å². The number of nitrogens with zero attached hydrogens (tertiary/aromatic N) is 1. The first-order valence-corrected chi connectivity index (χ1v) is 4.52. The van der Waals surface area contributed by atoms with E-state index in [-0.39, 0.29) is 26.8 Å². The maximum absolute atomic E-state index is 11.9. The van der Waals surface area contributed by atoms with Crippen LogP contribution >= 0.6 is 35.0 Å². The largest absolute Gasteiger partial charge is 0.446 e. The first kappa shape index (κ1) is 10.9. The Bertz CT molecular complexity index is 315. The summed E-state index contributed by atoms with van der Waals surface area (Å²) < 4.78 is 35.7. The first-order chi connectivity index (χ1) is 5.88. The first-order valence-electron chi connectivity index (χ1n) is 2.95. The van der Waals surface area contributed by atoms with E-state index >= 15 is 0 Å². The molecule has 0 atom stereocenters. The van der Waals surface area contributed by atoms with E-state index in [0.717, 1.165) is 6.07 Å². The predicted molar refractivity (Wildman–Crippen MR) is 46.2 cm³/mol. The van der Waals surface area contributed by atoms with Crippen LogP contribution in [0, 0.1) is 0 Å². The lowest BCUT2D eigenvalue weighted by molar-refractivity contribution is -0.0328. The Morgan fingerprint density at radius 1 is 1.31 bits per heavy atom. The van der Waals surface area contributed by atoms with Gasteiger partial charge in [-0.25, -0.2) is 4.98 Å². The molecule has 0 aliphatic heterocycles. The number of rotatable bonds is 1. The Labute approximate surface area is 86.2 Å². The summed E-state index contributed by atoms with van der Waals surface area (Å²) in [5, 5.41) is -0.0807. The van der Waals surface area contributed by atoms with Gasteiger partial charge >= 0.3 is 5.51 Å². The molecule has 1 heterocycles. The van der Waals surface area contributed by atoms with Gasteiger partial charge in [0.2, 0.25) is 0 Å². The zero-order valence-corrected chi connectivity index (χ0v) is 8.23. The summed E-state index contributed by atoms with van der Waals surface area (Å²) in [6, 6.07) is 1.12. The van der Waals surface area contributed by atoms with Crippen LogP contribution in [0.1, 0.15) is 0 Å². The van der Waals surface area contributed by atoms with Crippen molar-refractivity contribution in [1.29, 1.82) is 0 Å². The molecule has 0 aliphatic carbocycles. The monoisotopic (exact) mass is 247 g/mol. The van der Waals surface area contributed by atoms with Crippen molar-refractivity contribution >= 4 is 35.0 Å². The smallest absolute Gasteiger partial charge is 0.242 e. The molecule has 1 aromatic heterocycles. The van der Waals surface area contributed by atoms with Crippen molar-refractivity contribution < 1.29 is 13.2 Å². The van der Waals surface area contributed by atoms with Gasteiger partial charge in [-0.1, -0.05) is 23.2 Å². The van der Waals surface area contributed by atoms with E-state index in [9.17, 15) is 13.2 Å². The predicted octanol–water partition coefficient (Wildman–Crippen LogP) is 4.00. The lowest BCUT2D eigenvalue weighted by Gasteiger charge is -2.06. The van der Waals surface area contributed by atoms with Crippen molar-refractivity contribution in [3.8, 4) is 0 Å². The van der Waals surface area contributed by atoms with Crippen molar-refractivity contribution in [2.24, 2.45) is 0 Å². The zero-order chi connectivity index (χ0) is 10.1. The molecule has 0 fully saturated rings. The van der Waals surface area contributed by atoms with Crippen molar-refractivity contribution in [2.75, 3.05) is 0 Å². The van der Waals surface area contributed by atoms with Crippen LogP contribution in [0.3, 0.4) is 0 Å². The lowest BCUT2D eigenvalue weighted by atomic mass is 10.5. The fourth-order valence-corrected chi connectivity index (χ4v) is 1.61. The van der Waals surface area contributed by atoms with Gasteiger partial charge in [0.15, 0.2) is 0 Å². The maximum Gasteiger partial charge on any atom is 0.446 e. The maximum atomic E-state index is 11.9. The molecule has 1 nitrogen and oxygen atoms in total. The molecule has 0 spiro atoms. The Balaban J connectivity index is 2.94. The molecule has 72 valence electrons. The molecular formula is C6H2Cl2F3NS. The van der Waals surface area contributed by atoms with Gasteiger partial charge in [-0.05, 0) is 17.8 Å². The Morgan fingerprint density at radius 2 is 1.92 bits per heavy atom. The summed E-state index contributed by atoms with van der Waals surface area (Å²) in [7, 11) is 0. The number of hydrogen-bond donors (Lipinski definition) is 0. The fourth-order valence-electron chi connectivity index (χ4n) is 0.600. The van der Waals surface area contributed by atoms with Crippen LogP contribution in [0.15, 0.2) is 17.2 Å². The Morgan fingerprint density at radius 3 is 2.46 bits per heavy atom. The molecule has 0 unspecified atom stereocenters. The van der Waals surface area contributed by atoms with Gasteiger partial charge in [-0.2, -0.15) is 13.2 Å². The molecule has 0 aromatic carbocycles. The van der Waals surface area contributed by atoms with Gasteiger partial charge < -0.3 is 0 Å². The van der Waals surface area contributed by atoms with Crippen LogP contribution in [-0.4, -0.2) is 10.5 Å². The minimum atomic E-state index is -4.38. The molecule has 7 heteroatoms. The summed E-state index contributed by atoms with van der Waals surface area (Å²) in [6.45, 7) is 0. The molecule has 0 bridgehead atoms. The van der Waals surface area contributed by atoms with Gasteiger partial charge in [-0.3, -0.25) is 0 Å². The summed E-state index contributed by atoms with van der Waals surface area (Å²) in [5.74, 6) is 0. The molecule has 0 saturated heterocycles. The highest BCUT2D eigenvalue weighted by Gasteiger charge is 2.30. The molecule has 0 amide bonds. The minimum Gasteiger partial charge on any atom is -0.242 e. The molecular weight excluding hydrogens is 246 g/mol. The van der Waals surface area contributed by atoms with Gasteiger partial charge in [0, 0.05) is 6.20 Å². The minimum absolute atomic E-state index is 0.121. The Kier molecular flexibility index (Phi) is 3.32. The third kappa shape index (κ3) is 3.62. The van der Waals surface area contributed by atoms with E-state index in [1.807, 2.05) is 0 Å². The second kappa shape index (κ2) is 3.94. The highest BCUT2D eigenvalue weighted by Crippen LogP contribution is 2.40. The SMILES string of the molecule is FC(F)(F)Sc1cc(Cl)cnc1Cl. The summed E-state index contributed by atoms with van der Waals surface area (Å²) >= 11 is 10.5. The highest BCUT2D eigenvalue weighted by atomic mass is 35.5. The summed E-state index contributed by atoms with van der Waals surface area (Å²) in [4.78, 5) is 3.28. The second-order valence-corrected chi connectivity index (χ2v) is 3.89. The number of hydrogen-bond acceptors (Lipinski definition) is 2. The van der Waals surface area contributed by atoms with Gasteiger partial charge in [-0.15, -0.1) is 0 Å². The van der Waals surface area contributed by atoms with E-state index in [2.05, 4.69) is 4.98 Å². The van der Waals surface area contributed by atoms with Crippen LogP contribution in [0.25, 0.3) is 0 Å². The summed E-state index contributed by atoms with van der Waals surface area (Å²) in [6.07, 6.45) is 1.18. The molecule has 0 N–H and O–H groups in total. The molecule has 0 radical (unpaired) electrons. The molecule has 0 aliphatic rings. The fraction of sp³-hybridized carbons (Fsp3) is 0.167. The van der Waals surface area contributed by atoms with Crippen LogP contribution in [0.4, 0.5) is 13.2 Å². The number of thioether (sulfide) groups is 1. The van der Waals surface area contributed by atoms with Crippen molar-refractivity contribution in [3.05, 3.63) is 22.4 Å². The van der Waals surface area contributed by atoms with Gasteiger partial charge in [0.1, 0.15) is 5.15 Å². The number of aromatic nitrogens is 1. The normalized spacial score (nSPS) is 11.8. The second-order valence-electron chi connectivity index (χ2n) is 1.99. The quantitative estimate of drug-likeness (QED) is 0.550. The number of halogens is 5. The topological polar surface area (TPSA) is 12.9 Å². The standard InChI is InChI=1S/C6H2Cl2F3NS/c7-3-1-4(5(8)12-2-3)13-6(9,10)11/h1-2H. The van der Waals surface area contributed by atoms with E-state index in [1.54, 1.807) is 0 Å². The van der Waals surface area contributed by atoms with E-state index in [0.29, 0.717) is 0 Å². The zero-order valence-electron chi connectivity index (χ0n) is 5.90. The van der Waals surface area contributed by atoms with Gasteiger partial charge in [0.25, 0.3) is 0 Å². The highest BCUT2D eigenvalue weighted by molar-refractivity contribution is 8.00. The average Bonchev–Trinajstić information content (AvgIpc) is 1.94. The Hall–Kier alpha value is -0.130.